The second-order valence-electron chi connectivity index (χ2n) is 7.93. The first-order valence-electron chi connectivity index (χ1n) is 10.4. The molecular weight excluding hydrogens is 382 g/mol. The van der Waals surface area contributed by atoms with Gasteiger partial charge in [-0.05, 0) is 49.8 Å². The van der Waals surface area contributed by atoms with Crippen molar-refractivity contribution in [2.24, 2.45) is 17.4 Å². The molecule has 0 bridgehead atoms. The molecule has 2 aromatic rings. The van der Waals surface area contributed by atoms with Crippen LogP contribution in [0.3, 0.4) is 0 Å². The van der Waals surface area contributed by atoms with Crippen LogP contribution in [0.5, 0.6) is 0 Å². The highest BCUT2D eigenvalue weighted by molar-refractivity contribution is 5.91. The van der Waals surface area contributed by atoms with Gasteiger partial charge in [0, 0.05) is 17.1 Å². The van der Waals surface area contributed by atoms with Crippen LogP contribution in [0.25, 0.3) is 10.9 Å². The fraction of sp³-hybridized carbons (Fsp3) is 0.500. The van der Waals surface area contributed by atoms with Gasteiger partial charge in [-0.25, -0.2) is 0 Å². The smallest absolute Gasteiger partial charge is 0.243 e. The largest absolute Gasteiger partial charge is 0.361 e. The topological polar surface area (TPSA) is 143 Å². The fourth-order valence-electron chi connectivity index (χ4n) is 3.29. The lowest BCUT2D eigenvalue weighted by Crippen LogP contribution is -2.54. The minimum atomic E-state index is -0.805. The molecule has 8 nitrogen and oxygen atoms in total. The normalized spacial score (nSPS) is 14.3. The maximum absolute atomic E-state index is 12.7. The maximum Gasteiger partial charge on any atom is 0.243 e. The first-order chi connectivity index (χ1) is 14.4. The third-order valence-corrected chi connectivity index (χ3v) is 5.21. The molecule has 0 aliphatic carbocycles. The molecule has 0 spiro atoms. The van der Waals surface area contributed by atoms with Crippen molar-refractivity contribution in [2.75, 3.05) is 6.54 Å². The van der Waals surface area contributed by atoms with Crippen LogP contribution in [-0.4, -0.2) is 47.8 Å². The van der Waals surface area contributed by atoms with E-state index < -0.39 is 24.0 Å². The Bertz CT molecular complexity index is 848. The molecule has 0 unspecified atom stereocenters. The number of nitrogens with one attached hydrogen (secondary N) is 3. The van der Waals surface area contributed by atoms with E-state index in [1.807, 2.05) is 44.3 Å². The molecule has 1 aromatic heterocycles. The number of carbonyl (C=O) groups is 3. The molecule has 0 aliphatic rings. The lowest BCUT2D eigenvalue weighted by molar-refractivity contribution is -0.131. The van der Waals surface area contributed by atoms with Crippen molar-refractivity contribution in [2.45, 2.75) is 57.7 Å². The summed E-state index contributed by atoms with van der Waals surface area (Å²) < 4.78 is 0. The number of para-hydroxylation sites is 1. The van der Waals surface area contributed by atoms with Crippen molar-refractivity contribution in [1.29, 1.82) is 0 Å². The zero-order chi connectivity index (χ0) is 22.1. The molecule has 7 N–H and O–H groups in total. The number of aldehydes is 1. The van der Waals surface area contributed by atoms with Gasteiger partial charge in [-0.3, -0.25) is 9.59 Å². The Morgan fingerprint density at radius 2 is 1.87 bits per heavy atom. The average molecular weight is 416 g/mol. The van der Waals surface area contributed by atoms with E-state index in [9.17, 15) is 14.4 Å². The summed E-state index contributed by atoms with van der Waals surface area (Å²) in [5.74, 6) is -0.832. The van der Waals surface area contributed by atoms with Gasteiger partial charge in [0.05, 0.1) is 12.1 Å². The Morgan fingerprint density at radius 1 is 1.13 bits per heavy atom. The summed E-state index contributed by atoms with van der Waals surface area (Å²) in [6, 6.07) is 5.62. The van der Waals surface area contributed by atoms with Gasteiger partial charge in [0.2, 0.25) is 11.8 Å². The van der Waals surface area contributed by atoms with Gasteiger partial charge in [0.15, 0.2) is 0 Å². The summed E-state index contributed by atoms with van der Waals surface area (Å²) in [6.45, 7) is 4.20. The van der Waals surface area contributed by atoms with E-state index in [1.165, 1.54) is 0 Å². The molecular formula is C22H33N5O3. The number of aromatic amines is 1. The number of carbonyl (C=O) groups excluding carboxylic acids is 3. The van der Waals surface area contributed by atoms with E-state index in [4.69, 9.17) is 11.5 Å². The molecule has 2 rings (SSSR count). The number of H-pyrrole nitrogens is 1. The van der Waals surface area contributed by atoms with Crippen molar-refractivity contribution >= 4 is 29.0 Å². The van der Waals surface area contributed by atoms with Crippen molar-refractivity contribution < 1.29 is 14.4 Å². The Morgan fingerprint density at radius 3 is 2.53 bits per heavy atom. The van der Waals surface area contributed by atoms with Gasteiger partial charge in [0.25, 0.3) is 0 Å². The number of rotatable bonds is 12. The van der Waals surface area contributed by atoms with Gasteiger partial charge in [-0.1, -0.05) is 32.0 Å². The van der Waals surface area contributed by atoms with E-state index in [0.29, 0.717) is 32.1 Å². The molecule has 0 saturated heterocycles. The number of fused-ring (bicyclic) bond motifs is 1. The predicted octanol–water partition coefficient (Wildman–Crippen LogP) is 0.991. The van der Waals surface area contributed by atoms with E-state index in [0.717, 1.165) is 22.9 Å². The Kier molecular flexibility index (Phi) is 9.01. The van der Waals surface area contributed by atoms with Crippen LogP contribution >= 0.6 is 0 Å². The minimum Gasteiger partial charge on any atom is -0.361 e. The number of nitrogens with two attached hydrogens (primary N) is 2. The predicted molar refractivity (Wildman–Crippen MR) is 118 cm³/mol. The zero-order valence-electron chi connectivity index (χ0n) is 17.7. The molecule has 2 amide bonds. The summed E-state index contributed by atoms with van der Waals surface area (Å²) in [6.07, 6.45) is 4.75. The van der Waals surface area contributed by atoms with E-state index in [-0.39, 0.29) is 11.8 Å². The minimum absolute atomic E-state index is 0.0454. The quantitative estimate of drug-likeness (QED) is 0.259. The molecule has 3 atom stereocenters. The molecule has 1 heterocycles. The number of hydrogen-bond acceptors (Lipinski definition) is 5. The van der Waals surface area contributed by atoms with Crippen LogP contribution < -0.4 is 22.1 Å². The molecule has 0 radical (unpaired) electrons. The first kappa shape index (κ1) is 23.6. The number of benzene rings is 1. The Hall–Kier alpha value is -2.71. The molecule has 0 aliphatic heterocycles. The van der Waals surface area contributed by atoms with Crippen LogP contribution in [0.1, 0.15) is 38.7 Å². The maximum atomic E-state index is 12.7. The van der Waals surface area contributed by atoms with Crippen molar-refractivity contribution in [3.05, 3.63) is 36.0 Å². The highest BCUT2D eigenvalue weighted by Gasteiger charge is 2.26. The van der Waals surface area contributed by atoms with Gasteiger partial charge in [0.1, 0.15) is 12.3 Å². The van der Waals surface area contributed by atoms with Crippen molar-refractivity contribution in [1.82, 2.24) is 15.6 Å². The first-order valence-corrected chi connectivity index (χ1v) is 10.4. The standard InChI is InChI=1S/C22H33N5O3/c1-14(2)20(13-28)27-22(30)19(9-5-6-10-23)26-21(29)17(24)11-15-12-25-18-8-4-3-7-16(15)18/h3-4,7-8,12-14,17,19-20,25H,5-6,9-11,23-24H2,1-2H3,(H,26,29)(H,27,30)/t17-,19-,20+/m0/s1. The van der Waals surface area contributed by atoms with Crippen molar-refractivity contribution in [3.63, 3.8) is 0 Å². The SMILES string of the molecule is CC(C)[C@@H](C=O)NC(=O)[C@H](CCCCN)NC(=O)[C@@H](N)Cc1c[nH]c2ccccc12. The average Bonchev–Trinajstić information content (AvgIpc) is 3.13. The lowest BCUT2D eigenvalue weighted by Gasteiger charge is -2.23. The lowest BCUT2D eigenvalue weighted by atomic mass is 10.0. The molecule has 30 heavy (non-hydrogen) atoms. The summed E-state index contributed by atoms with van der Waals surface area (Å²) in [7, 11) is 0. The molecule has 0 fully saturated rings. The van der Waals surface area contributed by atoms with E-state index in [2.05, 4.69) is 15.6 Å². The number of aromatic nitrogens is 1. The molecule has 164 valence electrons. The van der Waals surface area contributed by atoms with Crippen LogP contribution in [0, 0.1) is 5.92 Å². The number of unbranched alkanes of at least 4 members (excludes halogenated alkanes) is 1. The number of hydrogen-bond donors (Lipinski definition) is 5. The van der Waals surface area contributed by atoms with Gasteiger partial charge in [-0.15, -0.1) is 0 Å². The second kappa shape index (κ2) is 11.5. The van der Waals surface area contributed by atoms with Crippen LogP contribution in [0.4, 0.5) is 0 Å². The fourth-order valence-corrected chi connectivity index (χ4v) is 3.29. The Labute approximate surface area is 177 Å². The van der Waals surface area contributed by atoms with Crippen LogP contribution in [0.2, 0.25) is 0 Å². The monoisotopic (exact) mass is 415 g/mol. The summed E-state index contributed by atoms with van der Waals surface area (Å²) in [5, 5.41) is 6.49. The van der Waals surface area contributed by atoms with E-state index in [1.54, 1.807) is 0 Å². The van der Waals surface area contributed by atoms with Gasteiger partial charge < -0.3 is 31.9 Å². The summed E-state index contributed by atoms with van der Waals surface area (Å²) in [5.41, 5.74) is 13.6. The highest BCUT2D eigenvalue weighted by atomic mass is 16.2. The summed E-state index contributed by atoms with van der Waals surface area (Å²) >= 11 is 0. The highest BCUT2D eigenvalue weighted by Crippen LogP contribution is 2.18. The number of amides is 2. The third-order valence-electron chi connectivity index (χ3n) is 5.21. The molecule has 8 heteroatoms. The zero-order valence-corrected chi connectivity index (χ0v) is 17.7. The molecule has 0 saturated carbocycles. The van der Waals surface area contributed by atoms with E-state index >= 15 is 0 Å². The summed E-state index contributed by atoms with van der Waals surface area (Å²) in [4.78, 5) is 39.8. The van der Waals surface area contributed by atoms with Crippen LogP contribution in [-0.2, 0) is 20.8 Å². The Balaban J connectivity index is 2.04. The molecule has 1 aromatic carbocycles. The van der Waals surface area contributed by atoms with Crippen LogP contribution in [0.15, 0.2) is 30.5 Å². The third kappa shape index (κ3) is 6.40. The van der Waals surface area contributed by atoms with Gasteiger partial charge in [-0.2, -0.15) is 0 Å². The second-order valence-corrected chi connectivity index (χ2v) is 7.93. The van der Waals surface area contributed by atoms with Crippen molar-refractivity contribution in [3.8, 4) is 0 Å². The van der Waals surface area contributed by atoms with Gasteiger partial charge >= 0.3 is 0 Å².